The van der Waals surface area contributed by atoms with E-state index in [9.17, 15) is 28.8 Å². The maximum Gasteiger partial charge on any atom is 0.255 e. The molecule has 18 heteroatoms. The van der Waals surface area contributed by atoms with E-state index in [-0.39, 0.29) is 81.9 Å². The van der Waals surface area contributed by atoms with Gasteiger partial charge in [0.05, 0.1) is 52.8 Å². The lowest BCUT2D eigenvalue weighted by molar-refractivity contribution is -0.138. The van der Waals surface area contributed by atoms with Crippen LogP contribution in [-0.2, 0) is 60.7 Å². The standard InChI is InChI=1S/C23H27N3O7.C23H25N3O5.C7H8.C2H6.C2H4/c1-2-3-9-31-10-11-32-12-13-33-15-21(28)24-18-6-4-5-16-17(18)14-26(23(16)30)19-7-8-20(27)25-22(19)29;27-11-13-30-12-10-24-19(28)15-26-14-17-8-4-5-9-18(17)21-20(23(26)29)25-22(31-21)16-6-2-1-3-7-16;1-7-5-3-2-4-6-7;2*1-2/h4-6,19H,7-15H2,1H3,(H,24,28)(H,25,27,29);1-9,20-21,27H,10-15H2,(H,24,28);2-6H,1H3;1-2H3;1-2H2. The summed E-state index contributed by atoms with van der Waals surface area (Å²) in [6.45, 7) is 16.6. The first-order chi connectivity index (χ1) is 36.6. The van der Waals surface area contributed by atoms with E-state index in [1.54, 1.807) is 25.1 Å². The molecule has 4 aromatic carbocycles. The lowest BCUT2D eigenvalue weighted by Crippen LogP contribution is -2.52. The van der Waals surface area contributed by atoms with Crippen molar-refractivity contribution >= 4 is 47.0 Å². The number of benzene rings is 4. The maximum atomic E-state index is 13.3. The lowest BCUT2D eigenvalue weighted by Gasteiger charge is -2.29. The molecular weight excluding hydrogens is 961 g/mol. The fourth-order valence-corrected chi connectivity index (χ4v) is 7.89. The first-order valence-electron chi connectivity index (χ1n) is 24.9. The van der Waals surface area contributed by atoms with E-state index in [1.807, 2.05) is 86.6 Å². The molecule has 18 nitrogen and oxygen atoms in total. The highest BCUT2D eigenvalue weighted by Gasteiger charge is 2.44. The number of hydrogen-bond donors (Lipinski definition) is 4. The van der Waals surface area contributed by atoms with E-state index < -0.39 is 24.1 Å². The second kappa shape index (κ2) is 33.3. The summed E-state index contributed by atoms with van der Waals surface area (Å²) in [6.07, 6.45) is -0.0539. The summed E-state index contributed by atoms with van der Waals surface area (Å²) in [4.78, 5) is 82.0. The van der Waals surface area contributed by atoms with E-state index in [2.05, 4.69) is 65.0 Å². The highest BCUT2D eigenvalue weighted by molar-refractivity contribution is 6.07. The van der Waals surface area contributed by atoms with Gasteiger partial charge in [-0.15, -0.1) is 19.1 Å². The van der Waals surface area contributed by atoms with Gasteiger partial charge in [-0.25, -0.2) is 4.99 Å². The van der Waals surface area contributed by atoms with E-state index in [0.29, 0.717) is 68.8 Å². The van der Waals surface area contributed by atoms with Crippen molar-refractivity contribution in [3.8, 4) is 11.8 Å². The highest BCUT2D eigenvalue weighted by Crippen LogP contribution is 2.37. The number of piperidine rings is 1. The number of rotatable bonds is 19. The summed E-state index contributed by atoms with van der Waals surface area (Å²) in [5, 5.41) is 16.5. The number of imide groups is 1. The van der Waals surface area contributed by atoms with E-state index >= 15 is 0 Å². The molecule has 8 rings (SSSR count). The van der Waals surface area contributed by atoms with Crippen molar-refractivity contribution in [1.82, 2.24) is 20.4 Å². The quantitative estimate of drug-likeness (QED) is 0.0406. The van der Waals surface area contributed by atoms with Crippen molar-refractivity contribution in [2.45, 2.75) is 71.8 Å². The Kier molecular flexibility index (Phi) is 26.7. The number of fused-ring (bicyclic) bond motifs is 4. The molecule has 3 atom stereocenters. The molecule has 6 amide bonds. The van der Waals surface area contributed by atoms with Gasteiger partial charge in [0.2, 0.25) is 29.5 Å². The van der Waals surface area contributed by atoms with Gasteiger partial charge in [-0.2, -0.15) is 0 Å². The van der Waals surface area contributed by atoms with Crippen LogP contribution in [0, 0.1) is 18.8 Å². The summed E-state index contributed by atoms with van der Waals surface area (Å²) in [6, 6.07) is 31.1. The Labute approximate surface area is 439 Å². The Morgan fingerprint density at radius 1 is 0.813 bits per heavy atom. The van der Waals surface area contributed by atoms with Crippen molar-refractivity contribution in [2.75, 3.05) is 77.9 Å². The largest absolute Gasteiger partial charge is 0.466 e. The second-order valence-electron chi connectivity index (χ2n) is 16.4. The number of amides is 6. The number of nitrogens with zero attached hydrogens (tertiary/aromatic N) is 3. The number of hydrogen-bond acceptors (Lipinski definition) is 13. The van der Waals surface area contributed by atoms with Crippen LogP contribution in [0.5, 0.6) is 0 Å². The minimum absolute atomic E-state index is 0.0637. The lowest BCUT2D eigenvalue weighted by atomic mass is 9.99. The molecule has 3 unspecified atom stereocenters. The molecule has 0 saturated carbocycles. The predicted molar refractivity (Wildman–Crippen MR) is 284 cm³/mol. The van der Waals surface area contributed by atoms with Crippen LogP contribution in [0.15, 0.2) is 121 Å². The molecule has 0 radical (unpaired) electrons. The fraction of sp³-hybridized carbons (Fsp3) is 0.386. The monoisotopic (exact) mass is 1030 g/mol. The smallest absolute Gasteiger partial charge is 0.255 e. The number of carbonyl (C=O) groups excluding carboxylic acids is 6. The molecule has 4 aliphatic heterocycles. The maximum absolute atomic E-state index is 13.3. The topological polar surface area (TPSA) is 224 Å². The summed E-state index contributed by atoms with van der Waals surface area (Å²) in [5.74, 6) is 3.96. The Hall–Kier alpha value is -7.53. The Morgan fingerprint density at radius 2 is 1.48 bits per heavy atom. The van der Waals surface area contributed by atoms with Gasteiger partial charge in [0.15, 0.2) is 12.1 Å². The fourth-order valence-electron chi connectivity index (χ4n) is 7.89. The van der Waals surface area contributed by atoms with E-state index in [1.165, 1.54) is 15.4 Å². The van der Waals surface area contributed by atoms with Crippen LogP contribution < -0.4 is 16.0 Å². The van der Waals surface area contributed by atoms with Crippen LogP contribution in [0.25, 0.3) is 0 Å². The second-order valence-corrected chi connectivity index (χ2v) is 16.4. The average Bonchev–Trinajstić information content (AvgIpc) is 4.00. The zero-order valence-electron chi connectivity index (χ0n) is 43.3. The molecule has 400 valence electrons. The van der Waals surface area contributed by atoms with E-state index in [4.69, 9.17) is 28.8 Å². The number of anilines is 1. The van der Waals surface area contributed by atoms with Gasteiger partial charge in [-0.3, -0.25) is 34.1 Å². The van der Waals surface area contributed by atoms with Gasteiger partial charge in [-0.05, 0) is 50.1 Å². The summed E-state index contributed by atoms with van der Waals surface area (Å²) in [5.41, 5.74) is 5.54. The van der Waals surface area contributed by atoms with Gasteiger partial charge in [0.25, 0.3) is 11.8 Å². The van der Waals surface area contributed by atoms with Crippen LogP contribution in [0.3, 0.4) is 0 Å². The van der Waals surface area contributed by atoms with Crippen LogP contribution in [-0.4, -0.2) is 141 Å². The zero-order valence-corrected chi connectivity index (χ0v) is 43.3. The molecule has 1 fully saturated rings. The molecule has 75 heavy (non-hydrogen) atoms. The van der Waals surface area contributed by atoms with E-state index in [0.717, 1.165) is 16.7 Å². The van der Waals surface area contributed by atoms with Gasteiger partial charge in [0.1, 0.15) is 19.3 Å². The third-order valence-corrected chi connectivity index (χ3v) is 11.4. The molecular formula is C57H70N6O12. The highest BCUT2D eigenvalue weighted by atomic mass is 16.5. The van der Waals surface area contributed by atoms with Crippen molar-refractivity contribution in [3.63, 3.8) is 0 Å². The third kappa shape index (κ3) is 18.7. The van der Waals surface area contributed by atoms with Crippen molar-refractivity contribution in [2.24, 2.45) is 4.99 Å². The minimum atomic E-state index is -0.737. The van der Waals surface area contributed by atoms with Crippen molar-refractivity contribution in [3.05, 3.63) is 150 Å². The average molecular weight is 1030 g/mol. The Morgan fingerprint density at radius 3 is 2.16 bits per heavy atom. The van der Waals surface area contributed by atoms with Crippen LogP contribution in [0.4, 0.5) is 5.69 Å². The van der Waals surface area contributed by atoms with Gasteiger partial charge < -0.3 is 49.2 Å². The first kappa shape index (κ1) is 60.0. The van der Waals surface area contributed by atoms with Crippen molar-refractivity contribution < 1.29 is 57.6 Å². The molecule has 0 spiro atoms. The number of carbonyl (C=O) groups is 6. The number of aliphatic hydroxyl groups excluding tert-OH is 1. The summed E-state index contributed by atoms with van der Waals surface area (Å²) >= 11 is 0. The van der Waals surface area contributed by atoms with Gasteiger partial charge in [-0.1, -0.05) is 104 Å². The molecule has 4 aliphatic rings. The number of aliphatic imine (C=N–C) groups is 1. The molecule has 1 saturated heterocycles. The number of nitrogens with one attached hydrogen (secondary N) is 3. The molecule has 0 aliphatic carbocycles. The van der Waals surface area contributed by atoms with Gasteiger partial charge >= 0.3 is 0 Å². The zero-order chi connectivity index (χ0) is 54.4. The SMILES string of the molecule is C=C.CC.CC#CCOCCOCCOCC(=O)Nc1cccc2c1CN(C1CCC(=O)NC1=O)C2=O.Cc1ccccc1.O=C(CN1Cc2ccccc2C2OC(c3ccccc3)=NC2C1=O)NCCOCCO. The summed E-state index contributed by atoms with van der Waals surface area (Å²) < 4.78 is 27.2. The predicted octanol–water partition coefficient (Wildman–Crippen LogP) is 5.32. The summed E-state index contributed by atoms with van der Waals surface area (Å²) in [7, 11) is 0. The van der Waals surface area contributed by atoms with Crippen LogP contribution in [0.1, 0.15) is 77.9 Å². The van der Waals surface area contributed by atoms with Crippen LogP contribution >= 0.6 is 0 Å². The number of ether oxygens (including phenoxy) is 5. The number of aliphatic hydroxyl groups is 1. The minimum Gasteiger partial charge on any atom is -0.466 e. The first-order valence-corrected chi connectivity index (χ1v) is 24.9. The molecule has 4 N–H and O–H groups in total. The number of aryl methyl sites for hydroxylation is 1. The molecule has 0 aromatic heterocycles. The Bertz CT molecular complexity index is 2570. The van der Waals surface area contributed by atoms with Gasteiger partial charge in [0, 0.05) is 54.0 Å². The normalized spacial score (nSPS) is 16.7. The third-order valence-electron chi connectivity index (χ3n) is 11.4. The Balaban J connectivity index is 0.000000271. The van der Waals surface area contributed by atoms with Crippen LogP contribution in [0.2, 0.25) is 0 Å². The molecule has 0 bridgehead atoms. The van der Waals surface area contributed by atoms with Crippen molar-refractivity contribution in [1.29, 1.82) is 0 Å². The molecule has 4 heterocycles. The molecule has 4 aromatic rings.